The highest BCUT2D eigenvalue weighted by molar-refractivity contribution is 7.07. The topological polar surface area (TPSA) is 24.9 Å². The van der Waals surface area contributed by atoms with Gasteiger partial charge >= 0.3 is 0 Å². The highest BCUT2D eigenvalue weighted by Gasteiger charge is 2.15. The Bertz CT molecular complexity index is 719. The van der Waals surface area contributed by atoms with Crippen molar-refractivity contribution in [1.82, 2.24) is 10.3 Å². The zero-order valence-electron chi connectivity index (χ0n) is 12.5. The third-order valence-electron chi connectivity index (χ3n) is 3.72. The van der Waals surface area contributed by atoms with E-state index >= 15 is 0 Å². The molecule has 108 valence electrons. The Balaban J connectivity index is 2.05. The second-order valence-corrected chi connectivity index (χ2v) is 6.10. The largest absolute Gasteiger partial charge is 0.310 e. The van der Waals surface area contributed by atoms with Crippen LogP contribution in [0, 0.1) is 6.92 Å². The summed E-state index contributed by atoms with van der Waals surface area (Å²) in [7, 11) is 0. The summed E-state index contributed by atoms with van der Waals surface area (Å²) in [6, 6.07) is 13.2. The van der Waals surface area contributed by atoms with Gasteiger partial charge in [0, 0.05) is 17.1 Å². The highest BCUT2D eigenvalue weighted by atomic mass is 32.1. The summed E-state index contributed by atoms with van der Waals surface area (Å²) in [5, 5.41) is 9.27. The molecule has 1 aromatic carbocycles. The summed E-state index contributed by atoms with van der Waals surface area (Å²) in [5.74, 6) is 0. The molecule has 0 fully saturated rings. The molecular weight excluding hydrogens is 276 g/mol. The van der Waals surface area contributed by atoms with E-state index in [1.165, 1.54) is 16.5 Å². The van der Waals surface area contributed by atoms with Crippen LogP contribution in [0.4, 0.5) is 0 Å². The van der Waals surface area contributed by atoms with Crippen LogP contribution in [-0.2, 0) is 6.42 Å². The molecule has 1 unspecified atom stereocenters. The minimum atomic E-state index is 0.330. The van der Waals surface area contributed by atoms with Crippen molar-refractivity contribution in [3.05, 3.63) is 64.0 Å². The van der Waals surface area contributed by atoms with Crippen molar-refractivity contribution in [2.45, 2.75) is 26.3 Å². The molecule has 21 heavy (non-hydrogen) atoms. The Labute approximate surface area is 129 Å². The summed E-state index contributed by atoms with van der Waals surface area (Å²) in [6.07, 6.45) is 1.02. The third kappa shape index (κ3) is 3.14. The van der Waals surface area contributed by atoms with Gasteiger partial charge in [0.05, 0.1) is 5.52 Å². The van der Waals surface area contributed by atoms with Crippen LogP contribution in [-0.4, -0.2) is 11.5 Å². The molecule has 3 aromatic rings. The molecule has 0 aliphatic heterocycles. The Morgan fingerprint density at radius 3 is 2.86 bits per heavy atom. The van der Waals surface area contributed by atoms with Crippen LogP contribution in [0.25, 0.3) is 10.9 Å². The molecule has 0 radical (unpaired) electrons. The van der Waals surface area contributed by atoms with E-state index < -0.39 is 0 Å². The number of hydrogen-bond acceptors (Lipinski definition) is 3. The van der Waals surface area contributed by atoms with Crippen LogP contribution in [0.3, 0.4) is 0 Å². The number of hydrogen-bond donors (Lipinski definition) is 1. The molecule has 2 aromatic heterocycles. The number of thiophene rings is 1. The molecule has 2 heterocycles. The lowest BCUT2D eigenvalue weighted by Crippen LogP contribution is -2.23. The number of rotatable bonds is 5. The zero-order chi connectivity index (χ0) is 14.7. The summed E-state index contributed by atoms with van der Waals surface area (Å²) < 4.78 is 0. The lowest BCUT2D eigenvalue weighted by Gasteiger charge is -2.20. The van der Waals surface area contributed by atoms with Crippen LogP contribution in [0.15, 0.2) is 47.2 Å². The minimum Gasteiger partial charge on any atom is -0.310 e. The van der Waals surface area contributed by atoms with Crippen LogP contribution in [0.5, 0.6) is 0 Å². The molecule has 0 aliphatic carbocycles. The van der Waals surface area contributed by atoms with Gasteiger partial charge in [0.2, 0.25) is 0 Å². The number of aromatic nitrogens is 1. The molecule has 1 atom stereocenters. The minimum absolute atomic E-state index is 0.330. The quantitative estimate of drug-likeness (QED) is 0.750. The van der Waals surface area contributed by atoms with Crippen LogP contribution in [0.2, 0.25) is 0 Å². The molecule has 1 N–H and O–H groups in total. The van der Waals surface area contributed by atoms with E-state index in [1.54, 1.807) is 11.3 Å². The Morgan fingerprint density at radius 2 is 2.10 bits per heavy atom. The number of para-hydroxylation sites is 1. The van der Waals surface area contributed by atoms with Crippen molar-refractivity contribution in [2.75, 3.05) is 6.54 Å². The van der Waals surface area contributed by atoms with E-state index in [9.17, 15) is 0 Å². The van der Waals surface area contributed by atoms with Gasteiger partial charge in [-0.3, -0.25) is 4.98 Å². The van der Waals surface area contributed by atoms with Crippen molar-refractivity contribution in [3.8, 4) is 0 Å². The van der Waals surface area contributed by atoms with Gasteiger partial charge < -0.3 is 5.32 Å². The standard InChI is InChI=1S/C18H20N2S/c1-3-19-18(11-14-8-9-21-12-14)16-10-13(2)20-17-7-5-4-6-15(16)17/h4-10,12,18-19H,3,11H2,1-2H3. The smallest absolute Gasteiger partial charge is 0.0708 e. The lowest BCUT2D eigenvalue weighted by molar-refractivity contribution is 0.553. The fourth-order valence-electron chi connectivity index (χ4n) is 2.81. The van der Waals surface area contributed by atoms with Crippen LogP contribution < -0.4 is 5.32 Å². The normalized spacial score (nSPS) is 12.7. The van der Waals surface area contributed by atoms with Crippen LogP contribution >= 0.6 is 11.3 Å². The molecule has 0 spiro atoms. The Morgan fingerprint density at radius 1 is 1.24 bits per heavy atom. The molecule has 3 heteroatoms. The number of nitrogens with zero attached hydrogens (tertiary/aromatic N) is 1. The molecule has 3 rings (SSSR count). The molecular formula is C18H20N2S. The molecule has 0 aliphatic rings. The lowest BCUT2D eigenvalue weighted by atomic mass is 9.96. The number of benzene rings is 1. The number of aryl methyl sites for hydroxylation is 1. The van der Waals surface area contributed by atoms with Gasteiger partial charge in [-0.05, 0) is 60.0 Å². The van der Waals surface area contributed by atoms with E-state index in [-0.39, 0.29) is 0 Å². The third-order valence-corrected chi connectivity index (χ3v) is 4.45. The molecule has 0 saturated heterocycles. The van der Waals surface area contributed by atoms with E-state index in [2.05, 4.69) is 71.3 Å². The second-order valence-electron chi connectivity index (χ2n) is 5.32. The monoisotopic (exact) mass is 296 g/mol. The van der Waals surface area contributed by atoms with Gasteiger partial charge in [0.15, 0.2) is 0 Å². The zero-order valence-corrected chi connectivity index (χ0v) is 13.3. The maximum absolute atomic E-state index is 4.65. The molecule has 0 amide bonds. The second kappa shape index (κ2) is 6.37. The van der Waals surface area contributed by atoms with E-state index in [0.29, 0.717) is 6.04 Å². The Kier molecular flexibility index (Phi) is 4.32. The Hall–Kier alpha value is -1.71. The van der Waals surface area contributed by atoms with E-state index in [0.717, 1.165) is 24.2 Å². The molecule has 2 nitrogen and oxygen atoms in total. The van der Waals surface area contributed by atoms with Crippen molar-refractivity contribution in [3.63, 3.8) is 0 Å². The molecule has 0 bridgehead atoms. The van der Waals surface area contributed by atoms with Gasteiger partial charge in [-0.2, -0.15) is 11.3 Å². The number of likely N-dealkylation sites (N-methyl/N-ethyl adjacent to an activating group) is 1. The maximum Gasteiger partial charge on any atom is 0.0708 e. The first-order chi connectivity index (χ1) is 10.3. The van der Waals surface area contributed by atoms with Gasteiger partial charge in [-0.1, -0.05) is 25.1 Å². The maximum atomic E-state index is 4.65. The summed E-state index contributed by atoms with van der Waals surface area (Å²) in [4.78, 5) is 4.65. The first-order valence-electron chi connectivity index (χ1n) is 7.38. The summed E-state index contributed by atoms with van der Waals surface area (Å²) in [6.45, 7) is 5.20. The van der Waals surface area contributed by atoms with Crippen molar-refractivity contribution >= 4 is 22.2 Å². The van der Waals surface area contributed by atoms with Crippen molar-refractivity contribution < 1.29 is 0 Å². The fraction of sp³-hybridized carbons (Fsp3) is 0.278. The fourth-order valence-corrected chi connectivity index (χ4v) is 3.49. The van der Waals surface area contributed by atoms with Gasteiger partial charge in [-0.15, -0.1) is 0 Å². The average Bonchev–Trinajstić information content (AvgIpc) is 2.99. The van der Waals surface area contributed by atoms with Gasteiger partial charge in [0.1, 0.15) is 0 Å². The number of pyridine rings is 1. The number of nitrogens with one attached hydrogen (secondary N) is 1. The summed E-state index contributed by atoms with van der Waals surface area (Å²) >= 11 is 1.76. The highest BCUT2D eigenvalue weighted by Crippen LogP contribution is 2.27. The molecule has 0 saturated carbocycles. The van der Waals surface area contributed by atoms with Crippen molar-refractivity contribution in [1.29, 1.82) is 0 Å². The van der Waals surface area contributed by atoms with Gasteiger partial charge in [0.25, 0.3) is 0 Å². The SMILES string of the molecule is CCNC(Cc1ccsc1)c1cc(C)nc2ccccc12. The van der Waals surface area contributed by atoms with E-state index in [4.69, 9.17) is 0 Å². The van der Waals surface area contributed by atoms with E-state index in [1.807, 2.05) is 0 Å². The summed E-state index contributed by atoms with van der Waals surface area (Å²) in [5.41, 5.74) is 4.91. The first-order valence-corrected chi connectivity index (χ1v) is 8.33. The average molecular weight is 296 g/mol. The predicted molar refractivity (Wildman–Crippen MR) is 90.9 cm³/mol. The number of fused-ring (bicyclic) bond motifs is 1. The van der Waals surface area contributed by atoms with Crippen LogP contribution in [0.1, 0.15) is 29.8 Å². The predicted octanol–water partition coefficient (Wildman–Crippen LogP) is 4.50. The van der Waals surface area contributed by atoms with Crippen molar-refractivity contribution in [2.24, 2.45) is 0 Å². The van der Waals surface area contributed by atoms with Gasteiger partial charge in [-0.25, -0.2) is 0 Å². The first kappa shape index (κ1) is 14.2.